The van der Waals surface area contributed by atoms with Crippen LogP contribution < -0.4 is 5.32 Å². The lowest BCUT2D eigenvalue weighted by atomic mass is 9.97. The van der Waals surface area contributed by atoms with Gasteiger partial charge < -0.3 is 15.3 Å². The van der Waals surface area contributed by atoms with Crippen molar-refractivity contribution in [3.05, 3.63) is 45.7 Å². The maximum Gasteiger partial charge on any atom is 0.253 e. The van der Waals surface area contributed by atoms with Gasteiger partial charge in [-0.25, -0.2) is 12.7 Å². The first-order valence-corrected chi connectivity index (χ1v) is 18.2. The molecule has 1 saturated heterocycles. The van der Waals surface area contributed by atoms with Gasteiger partial charge in [-0.05, 0) is 94.5 Å². The summed E-state index contributed by atoms with van der Waals surface area (Å²) in [5, 5.41) is 12.9. The van der Waals surface area contributed by atoms with Gasteiger partial charge in [-0.1, -0.05) is 51.0 Å². The Bertz CT molecular complexity index is 1200. The average Bonchev–Trinajstić information content (AvgIpc) is 3.39. The first kappa shape index (κ1) is 35.3. The number of carbonyl (C=O) groups excluding carboxylic acids is 2. The van der Waals surface area contributed by atoms with Crippen molar-refractivity contribution in [1.82, 2.24) is 14.5 Å². The number of aryl methyl sites for hydroxylation is 2. The summed E-state index contributed by atoms with van der Waals surface area (Å²) in [5.41, 5.74) is 5.54. The quantitative estimate of drug-likeness (QED) is 0.273. The number of carbonyl (C=O) groups is 2. The molecule has 9 heteroatoms. The Morgan fingerprint density at radius 1 is 0.930 bits per heavy atom. The molecule has 2 amide bonds. The molecule has 1 atom stereocenters. The molecule has 0 saturated carbocycles. The van der Waals surface area contributed by atoms with Crippen LogP contribution in [0, 0.1) is 13.8 Å². The number of aliphatic hydroxyl groups is 1. The molecule has 1 aromatic rings. The molecule has 2 aliphatic rings. The molecule has 8 nitrogen and oxygen atoms in total. The fourth-order valence-electron chi connectivity index (χ4n) is 6.30. The molecule has 43 heavy (non-hydrogen) atoms. The minimum atomic E-state index is -3.58. The monoisotopic (exact) mass is 617 g/mol. The van der Waals surface area contributed by atoms with Crippen LogP contribution in [0.3, 0.4) is 0 Å². The Hall–Kier alpha value is -2.23. The highest BCUT2D eigenvalue weighted by Crippen LogP contribution is 2.23. The van der Waals surface area contributed by atoms with Crippen LogP contribution in [0.25, 0.3) is 0 Å². The molecule has 0 aliphatic carbocycles. The number of nitrogens with one attached hydrogen (secondary N) is 1. The van der Waals surface area contributed by atoms with E-state index in [4.69, 9.17) is 0 Å². The van der Waals surface area contributed by atoms with Crippen LogP contribution in [0.1, 0.15) is 124 Å². The van der Waals surface area contributed by atoms with Crippen molar-refractivity contribution in [2.45, 2.75) is 124 Å². The number of nitrogens with zero attached hydrogens (tertiary/aromatic N) is 2. The molecule has 0 spiro atoms. The lowest BCUT2D eigenvalue weighted by Crippen LogP contribution is -2.37. The summed E-state index contributed by atoms with van der Waals surface area (Å²) in [4.78, 5) is 27.5. The highest BCUT2D eigenvalue weighted by molar-refractivity contribution is 7.89. The predicted octanol–water partition coefficient (Wildman–Crippen LogP) is 5.79. The molecule has 0 unspecified atom stereocenters. The number of aliphatic hydroxyl groups excluding tert-OH is 1. The Balaban J connectivity index is 1.57. The van der Waals surface area contributed by atoms with E-state index >= 15 is 0 Å². The summed E-state index contributed by atoms with van der Waals surface area (Å²) in [6.45, 7) is 9.66. The molecule has 2 N–H and O–H groups in total. The Labute approximate surface area is 260 Å². The van der Waals surface area contributed by atoms with E-state index in [1.807, 2.05) is 26.0 Å². The molecule has 2 heterocycles. The molecule has 242 valence electrons. The van der Waals surface area contributed by atoms with Gasteiger partial charge in [0.1, 0.15) is 0 Å². The van der Waals surface area contributed by atoms with Crippen molar-refractivity contribution in [2.75, 3.05) is 31.9 Å². The van der Waals surface area contributed by atoms with Crippen molar-refractivity contribution in [3.63, 3.8) is 0 Å². The van der Waals surface area contributed by atoms with Gasteiger partial charge in [0.05, 0.1) is 11.9 Å². The van der Waals surface area contributed by atoms with Crippen LogP contribution in [0.2, 0.25) is 0 Å². The van der Waals surface area contributed by atoms with Gasteiger partial charge >= 0.3 is 0 Å². The number of amides is 2. The van der Waals surface area contributed by atoms with Gasteiger partial charge in [0.15, 0.2) is 0 Å². The molecule has 0 bridgehead atoms. The van der Waals surface area contributed by atoms with Crippen molar-refractivity contribution in [3.8, 4) is 0 Å². The standard InChI is InChI=1S/C34H55N3O5S/c1-5-6-7-8-9-10-11-15-32-26(2)14-12-13-19-37(21-17-33(39)35-32)43(41,42)22-18-31-27(3)23-29(24-28(31)4)34(40)36-20-16-30(38)25-36/h23-24,30,38H,5-22,25H2,1-4H3,(H,35,39)/b32-26-/t30-/m1/s1. The number of hydrogen-bond acceptors (Lipinski definition) is 5. The summed E-state index contributed by atoms with van der Waals surface area (Å²) < 4.78 is 28.5. The van der Waals surface area contributed by atoms with E-state index in [9.17, 15) is 23.1 Å². The Morgan fingerprint density at radius 3 is 2.26 bits per heavy atom. The number of rotatable bonds is 13. The van der Waals surface area contributed by atoms with Gasteiger partial charge in [-0.15, -0.1) is 0 Å². The van der Waals surface area contributed by atoms with Crippen molar-refractivity contribution in [1.29, 1.82) is 0 Å². The molecule has 2 aliphatic heterocycles. The highest BCUT2D eigenvalue weighted by Gasteiger charge is 2.27. The van der Waals surface area contributed by atoms with Gasteiger partial charge in [-0.2, -0.15) is 0 Å². The molecular weight excluding hydrogens is 562 g/mol. The minimum absolute atomic E-state index is 0.0390. The zero-order valence-electron chi connectivity index (χ0n) is 27.0. The number of likely N-dealkylation sites (tertiary alicyclic amines) is 1. The Morgan fingerprint density at radius 2 is 1.60 bits per heavy atom. The number of unbranched alkanes of at least 4 members (excludes halogenated alkanes) is 6. The van der Waals surface area contributed by atoms with E-state index in [1.54, 1.807) is 4.90 Å². The van der Waals surface area contributed by atoms with E-state index < -0.39 is 16.1 Å². The fraction of sp³-hybridized carbons (Fsp3) is 0.706. The Kier molecular flexibility index (Phi) is 14.2. The van der Waals surface area contributed by atoms with Crippen LogP contribution >= 0.6 is 0 Å². The average molecular weight is 618 g/mol. The summed E-state index contributed by atoms with van der Waals surface area (Å²) in [6.07, 6.45) is 12.6. The molecule has 1 aromatic carbocycles. The third kappa shape index (κ3) is 11.0. The molecule has 0 aromatic heterocycles. The largest absolute Gasteiger partial charge is 0.391 e. The second-order valence-electron chi connectivity index (χ2n) is 12.6. The van der Waals surface area contributed by atoms with E-state index in [-0.39, 0.29) is 30.5 Å². The molecule has 3 rings (SSSR count). The summed E-state index contributed by atoms with van der Waals surface area (Å²) in [7, 11) is -3.58. The smallest absolute Gasteiger partial charge is 0.253 e. The molecule has 1 fully saturated rings. The van der Waals surface area contributed by atoms with Gasteiger partial charge in [0.2, 0.25) is 15.9 Å². The van der Waals surface area contributed by atoms with E-state index in [0.29, 0.717) is 38.0 Å². The van der Waals surface area contributed by atoms with Crippen molar-refractivity contribution in [2.24, 2.45) is 0 Å². The zero-order valence-corrected chi connectivity index (χ0v) is 27.9. The number of hydrogen-bond donors (Lipinski definition) is 2. The first-order valence-electron chi connectivity index (χ1n) is 16.6. The summed E-state index contributed by atoms with van der Waals surface area (Å²) in [5.74, 6) is -0.251. The number of β-amino-alcohol motifs (C(OH)–C–C–N with tert-alkyl or cyclic N) is 1. The summed E-state index contributed by atoms with van der Waals surface area (Å²) in [6, 6.07) is 3.66. The highest BCUT2D eigenvalue weighted by atomic mass is 32.2. The minimum Gasteiger partial charge on any atom is -0.391 e. The second kappa shape index (κ2) is 17.3. The van der Waals surface area contributed by atoms with Gasteiger partial charge in [0.25, 0.3) is 5.91 Å². The normalized spacial score (nSPS) is 21.1. The lowest BCUT2D eigenvalue weighted by Gasteiger charge is -2.23. The maximum absolute atomic E-state index is 13.5. The zero-order chi connectivity index (χ0) is 31.4. The predicted molar refractivity (Wildman–Crippen MR) is 173 cm³/mol. The van der Waals surface area contributed by atoms with Crippen molar-refractivity contribution < 1.29 is 23.1 Å². The fourth-order valence-corrected chi connectivity index (χ4v) is 7.79. The van der Waals surface area contributed by atoms with Crippen LogP contribution in [0.5, 0.6) is 0 Å². The molecule has 0 radical (unpaired) electrons. The topological polar surface area (TPSA) is 107 Å². The van der Waals surface area contributed by atoms with E-state index in [1.165, 1.54) is 48.4 Å². The lowest BCUT2D eigenvalue weighted by molar-refractivity contribution is -0.120. The third-order valence-electron chi connectivity index (χ3n) is 9.03. The van der Waals surface area contributed by atoms with Crippen LogP contribution in [0.15, 0.2) is 23.4 Å². The number of benzene rings is 1. The van der Waals surface area contributed by atoms with Crippen LogP contribution in [0.4, 0.5) is 0 Å². The second-order valence-corrected chi connectivity index (χ2v) is 14.7. The van der Waals surface area contributed by atoms with Crippen LogP contribution in [-0.2, 0) is 21.2 Å². The SMILES string of the molecule is CCCCCCCCC/C1=C(\C)CCCCN(S(=O)(=O)CCc2c(C)cc(C(=O)N3CC[C@@H](O)C3)cc2C)CCC(=O)N1. The van der Waals surface area contributed by atoms with E-state index in [2.05, 4.69) is 19.2 Å². The van der Waals surface area contributed by atoms with Gasteiger partial charge in [-0.3, -0.25) is 9.59 Å². The van der Waals surface area contributed by atoms with Crippen LogP contribution in [-0.4, -0.2) is 72.6 Å². The third-order valence-corrected chi connectivity index (χ3v) is 10.9. The van der Waals surface area contributed by atoms with E-state index in [0.717, 1.165) is 54.5 Å². The summed E-state index contributed by atoms with van der Waals surface area (Å²) >= 11 is 0. The first-order chi connectivity index (χ1) is 20.5. The maximum atomic E-state index is 13.5. The van der Waals surface area contributed by atoms with Crippen molar-refractivity contribution >= 4 is 21.8 Å². The number of sulfonamides is 1. The molecular formula is C34H55N3O5S. The number of allylic oxidation sites excluding steroid dienone is 2. The van der Waals surface area contributed by atoms with Gasteiger partial charge in [0, 0.05) is 43.9 Å².